The molecule has 160 valence electrons. The summed E-state index contributed by atoms with van der Waals surface area (Å²) in [5.41, 5.74) is 2.60. The van der Waals surface area contributed by atoms with Crippen molar-refractivity contribution in [1.29, 1.82) is 0 Å². The van der Waals surface area contributed by atoms with Crippen LogP contribution < -0.4 is 4.90 Å². The number of nitrogens with zero attached hydrogens (tertiary/aromatic N) is 1. The highest BCUT2D eigenvalue weighted by Crippen LogP contribution is 2.40. The van der Waals surface area contributed by atoms with E-state index in [2.05, 4.69) is 0 Å². The van der Waals surface area contributed by atoms with E-state index in [0.29, 0.717) is 16.8 Å². The Morgan fingerprint density at radius 2 is 1.18 bits per heavy atom. The van der Waals surface area contributed by atoms with Gasteiger partial charge in [0.15, 0.2) is 0 Å². The summed E-state index contributed by atoms with van der Waals surface area (Å²) in [6, 6.07) is 37.0. The third-order valence-electron chi connectivity index (χ3n) is 5.54. The molecule has 0 fully saturated rings. The van der Waals surface area contributed by atoms with Crippen LogP contribution in [0.4, 0.5) is 5.69 Å². The highest BCUT2D eigenvalue weighted by molar-refractivity contribution is 6.33. The van der Waals surface area contributed by atoms with E-state index in [4.69, 9.17) is 4.74 Å². The lowest BCUT2D eigenvalue weighted by atomic mass is 9.95. The molecule has 0 saturated carbocycles. The van der Waals surface area contributed by atoms with E-state index < -0.39 is 12.1 Å². The predicted octanol–water partition coefficient (Wildman–Crippen LogP) is 6.04. The largest absolute Gasteiger partial charge is 0.464 e. The molecule has 1 aliphatic rings. The monoisotopic (exact) mass is 431 g/mol. The summed E-state index contributed by atoms with van der Waals surface area (Å²) < 4.78 is 6.52. The van der Waals surface area contributed by atoms with Crippen molar-refractivity contribution in [1.82, 2.24) is 0 Å². The van der Waals surface area contributed by atoms with Crippen LogP contribution >= 0.6 is 0 Å². The van der Waals surface area contributed by atoms with Crippen molar-refractivity contribution in [3.8, 4) is 0 Å². The van der Waals surface area contributed by atoms with Crippen molar-refractivity contribution in [3.63, 3.8) is 0 Å². The Hall–Kier alpha value is -4.44. The first-order chi connectivity index (χ1) is 16.2. The van der Waals surface area contributed by atoms with Gasteiger partial charge in [0.1, 0.15) is 11.3 Å². The minimum Gasteiger partial charge on any atom is -0.464 e. The third-order valence-corrected chi connectivity index (χ3v) is 5.54. The molecule has 1 atom stereocenters. The van der Waals surface area contributed by atoms with Crippen molar-refractivity contribution in [2.75, 3.05) is 4.90 Å². The van der Waals surface area contributed by atoms with E-state index in [1.807, 2.05) is 97.1 Å². The zero-order valence-corrected chi connectivity index (χ0v) is 17.8. The topological polar surface area (TPSA) is 46.6 Å². The summed E-state index contributed by atoms with van der Waals surface area (Å²) in [6.45, 7) is 0. The van der Waals surface area contributed by atoms with E-state index >= 15 is 0 Å². The molecule has 1 unspecified atom stereocenters. The number of para-hydroxylation sites is 1. The van der Waals surface area contributed by atoms with E-state index in [0.717, 1.165) is 5.56 Å². The van der Waals surface area contributed by atoms with E-state index in [1.54, 1.807) is 29.2 Å². The Labute approximate surface area is 192 Å². The van der Waals surface area contributed by atoms with Crippen LogP contribution in [0.1, 0.15) is 27.7 Å². The Morgan fingerprint density at radius 1 is 0.667 bits per heavy atom. The molecule has 4 aromatic rings. The number of anilines is 1. The van der Waals surface area contributed by atoms with Crippen LogP contribution in [-0.4, -0.2) is 11.7 Å². The molecule has 0 spiro atoms. The van der Waals surface area contributed by atoms with Crippen molar-refractivity contribution < 1.29 is 14.3 Å². The van der Waals surface area contributed by atoms with Gasteiger partial charge in [0.05, 0.1) is 0 Å². The average molecular weight is 431 g/mol. The summed E-state index contributed by atoms with van der Waals surface area (Å²) in [6.07, 6.45) is -0.719. The van der Waals surface area contributed by atoms with Gasteiger partial charge in [0, 0.05) is 22.4 Å². The molecule has 0 saturated heterocycles. The highest BCUT2D eigenvalue weighted by Gasteiger charge is 2.41. The molecule has 0 aromatic heterocycles. The maximum atomic E-state index is 14.1. The molecule has 0 N–H and O–H groups in total. The van der Waals surface area contributed by atoms with Crippen LogP contribution in [-0.2, 0) is 9.53 Å². The molecule has 33 heavy (non-hydrogen) atoms. The Bertz CT molecular complexity index is 1300. The Morgan fingerprint density at radius 3 is 1.79 bits per heavy atom. The predicted molar refractivity (Wildman–Crippen MR) is 128 cm³/mol. The first kappa shape index (κ1) is 20.5. The van der Waals surface area contributed by atoms with Gasteiger partial charge in [-0.15, -0.1) is 0 Å². The van der Waals surface area contributed by atoms with E-state index in [1.165, 1.54) is 0 Å². The number of ether oxygens (including phenoxy) is 1. The van der Waals surface area contributed by atoms with Gasteiger partial charge in [-0.1, -0.05) is 109 Å². The van der Waals surface area contributed by atoms with Gasteiger partial charge < -0.3 is 4.74 Å². The minimum absolute atomic E-state index is 0.0171. The van der Waals surface area contributed by atoms with Crippen LogP contribution in [0, 0.1) is 0 Å². The summed E-state index contributed by atoms with van der Waals surface area (Å²) in [7, 11) is 0. The number of rotatable bonds is 5. The van der Waals surface area contributed by atoms with Gasteiger partial charge in [-0.05, 0) is 12.1 Å². The zero-order valence-electron chi connectivity index (χ0n) is 17.8. The molecule has 1 heterocycles. The molecule has 0 bridgehead atoms. The van der Waals surface area contributed by atoms with Gasteiger partial charge in [0.2, 0.25) is 12.0 Å². The van der Waals surface area contributed by atoms with Crippen LogP contribution in [0.15, 0.2) is 127 Å². The van der Waals surface area contributed by atoms with Crippen molar-refractivity contribution >= 4 is 23.1 Å². The number of carbonyl (C=O) groups is 2. The fraction of sp³-hybridized carbons (Fsp3) is 0.0345. The maximum Gasteiger partial charge on any atom is 0.269 e. The van der Waals surface area contributed by atoms with Crippen molar-refractivity contribution in [2.24, 2.45) is 0 Å². The smallest absolute Gasteiger partial charge is 0.269 e. The summed E-state index contributed by atoms with van der Waals surface area (Å²) >= 11 is 0. The van der Waals surface area contributed by atoms with Gasteiger partial charge in [-0.25, -0.2) is 0 Å². The number of hydrogen-bond donors (Lipinski definition) is 0. The standard InChI is InChI=1S/C29H21NO3/c31-26(21-13-5-1-6-14-21)25-27(22-15-7-2-8-16-22)33-29(23-17-9-3-10-18-23)30(28(25)32)24-19-11-4-12-20-24/h1-20,29H. The number of Topliss-reactive ketones (excluding diaryl/α,β-unsaturated/α-hetero) is 1. The quantitative estimate of drug-likeness (QED) is 0.286. The second-order valence-corrected chi connectivity index (χ2v) is 7.66. The van der Waals surface area contributed by atoms with Crippen LogP contribution in [0.3, 0.4) is 0 Å². The SMILES string of the molecule is O=C(C1=C(c2ccccc2)OC(c2ccccc2)N(c2ccccc2)C1=O)c1ccccc1. The Kier molecular flexibility index (Phi) is 5.56. The number of carbonyl (C=O) groups excluding carboxylic acids is 2. The van der Waals surface area contributed by atoms with Gasteiger partial charge in [-0.2, -0.15) is 0 Å². The van der Waals surface area contributed by atoms with Gasteiger partial charge in [-0.3, -0.25) is 14.5 Å². The number of ketones is 1. The lowest BCUT2D eigenvalue weighted by Crippen LogP contribution is -2.43. The van der Waals surface area contributed by atoms with Crippen LogP contribution in [0.25, 0.3) is 5.76 Å². The molecular weight excluding hydrogens is 410 g/mol. The van der Waals surface area contributed by atoms with Gasteiger partial charge >= 0.3 is 0 Å². The fourth-order valence-electron chi connectivity index (χ4n) is 3.96. The zero-order chi connectivity index (χ0) is 22.6. The van der Waals surface area contributed by atoms with Crippen molar-refractivity contribution in [2.45, 2.75) is 6.23 Å². The summed E-state index contributed by atoms with van der Waals surface area (Å²) in [5.74, 6) is -0.476. The molecule has 4 heteroatoms. The first-order valence-corrected chi connectivity index (χ1v) is 10.7. The minimum atomic E-state index is -0.719. The number of amides is 1. The second-order valence-electron chi connectivity index (χ2n) is 7.66. The number of hydrogen-bond acceptors (Lipinski definition) is 3. The maximum absolute atomic E-state index is 14.1. The van der Waals surface area contributed by atoms with Crippen molar-refractivity contribution in [3.05, 3.63) is 144 Å². The number of benzene rings is 4. The Balaban J connectivity index is 1.73. The van der Waals surface area contributed by atoms with E-state index in [9.17, 15) is 9.59 Å². The molecule has 1 aliphatic heterocycles. The molecule has 0 aliphatic carbocycles. The normalized spacial score (nSPS) is 15.8. The van der Waals surface area contributed by atoms with Crippen LogP contribution in [0.5, 0.6) is 0 Å². The molecule has 0 radical (unpaired) electrons. The average Bonchev–Trinajstić information content (AvgIpc) is 2.90. The van der Waals surface area contributed by atoms with Gasteiger partial charge in [0.25, 0.3) is 5.91 Å². The lowest BCUT2D eigenvalue weighted by molar-refractivity contribution is -0.118. The third kappa shape index (κ3) is 3.94. The molecule has 4 aromatic carbocycles. The molecule has 1 amide bonds. The van der Waals surface area contributed by atoms with Crippen LogP contribution in [0.2, 0.25) is 0 Å². The van der Waals surface area contributed by atoms with E-state index in [-0.39, 0.29) is 17.1 Å². The lowest BCUT2D eigenvalue weighted by Gasteiger charge is -2.38. The first-order valence-electron chi connectivity index (χ1n) is 10.7. The molecule has 4 nitrogen and oxygen atoms in total. The highest BCUT2D eigenvalue weighted by atomic mass is 16.5. The summed E-state index contributed by atoms with van der Waals surface area (Å²) in [5, 5.41) is 0. The second kappa shape index (κ2) is 8.97. The molecular formula is C29H21NO3. The summed E-state index contributed by atoms with van der Waals surface area (Å²) in [4.78, 5) is 29.3. The fourth-order valence-corrected chi connectivity index (χ4v) is 3.96. The molecule has 5 rings (SSSR count).